The summed E-state index contributed by atoms with van der Waals surface area (Å²) in [6.45, 7) is 10.9. The molecular weight excluding hydrogens is 1280 g/mol. The van der Waals surface area contributed by atoms with Gasteiger partial charge in [-0.1, -0.05) is 63.3 Å². The summed E-state index contributed by atoms with van der Waals surface area (Å²) in [7, 11) is 0. The first-order chi connectivity index (χ1) is 47.8. The number of rotatable bonds is 9. The Morgan fingerprint density at radius 2 is 0.910 bits per heavy atom. The highest BCUT2D eigenvalue weighted by Gasteiger charge is 2.63. The van der Waals surface area contributed by atoms with Gasteiger partial charge in [0.15, 0.2) is 17.3 Å². The average Bonchev–Trinajstić information content (AvgIpc) is 1.48. The molecule has 18 atom stereocenters. The average molecular weight is 1360 g/mol. The smallest absolute Gasteiger partial charge is 0.307 e. The number of ether oxygens (including phenoxy) is 6. The fourth-order valence-electron chi connectivity index (χ4n) is 19.5. The maximum absolute atomic E-state index is 12.7. The normalized spacial score (nSPS) is 34.7. The Morgan fingerprint density at radius 1 is 0.480 bits per heavy atom. The number of allylic oxidation sites excluding steroid dienone is 10. The third kappa shape index (κ3) is 12.1. The van der Waals surface area contributed by atoms with Crippen molar-refractivity contribution in [2.24, 2.45) is 51.8 Å². The number of benzene rings is 1. The van der Waals surface area contributed by atoms with Gasteiger partial charge in [0.1, 0.15) is 53.9 Å². The van der Waals surface area contributed by atoms with E-state index in [1.54, 1.807) is 18.6 Å². The molecule has 0 radical (unpaired) electrons. The summed E-state index contributed by atoms with van der Waals surface area (Å²) in [6, 6.07) is 16.2. The zero-order valence-corrected chi connectivity index (χ0v) is 56.6. The molecule has 12 aliphatic rings. The highest BCUT2D eigenvalue weighted by atomic mass is 16.6. The lowest BCUT2D eigenvalue weighted by atomic mass is 9.61. The Bertz CT molecular complexity index is 4350. The summed E-state index contributed by atoms with van der Waals surface area (Å²) >= 11 is 0. The first-order valence-electron chi connectivity index (χ1n) is 34.7. The molecule has 3 aromatic heterocycles. The predicted molar refractivity (Wildman–Crippen MR) is 357 cm³/mol. The van der Waals surface area contributed by atoms with Crippen LogP contribution in [0.5, 0.6) is 0 Å². The molecule has 5 saturated carbocycles. The Kier molecular flexibility index (Phi) is 17.6. The van der Waals surface area contributed by atoms with E-state index in [0.717, 1.165) is 69.9 Å². The summed E-state index contributed by atoms with van der Waals surface area (Å²) < 4.78 is 36.8. The van der Waals surface area contributed by atoms with Crippen molar-refractivity contribution in [2.75, 3.05) is 0 Å². The summed E-state index contributed by atoms with van der Waals surface area (Å²) in [4.78, 5) is 121. The van der Waals surface area contributed by atoms with E-state index in [9.17, 15) is 58.5 Å². The molecule has 5 fully saturated rings. The highest BCUT2D eigenvalue weighted by Crippen LogP contribution is 2.66. The van der Waals surface area contributed by atoms with Crippen LogP contribution in [0.3, 0.4) is 0 Å². The molecule has 4 aromatic rings. The predicted octanol–water partition coefficient (Wildman–Crippen LogP) is 11.6. The van der Waals surface area contributed by atoms with Crippen LogP contribution < -0.4 is 0 Å². The molecule has 6 unspecified atom stereocenters. The number of aromatic nitrogens is 3. The van der Waals surface area contributed by atoms with Crippen molar-refractivity contribution in [2.45, 2.75) is 179 Å². The van der Waals surface area contributed by atoms with Gasteiger partial charge in [-0.3, -0.25) is 58.1 Å². The Balaban J connectivity index is 0.000000128. The van der Waals surface area contributed by atoms with E-state index in [1.807, 2.05) is 73.2 Å². The summed E-state index contributed by atoms with van der Waals surface area (Å²) in [6.07, 6.45) is 24.8. The van der Waals surface area contributed by atoms with Gasteiger partial charge in [-0.15, -0.1) is 0 Å². The Morgan fingerprint density at radius 3 is 1.37 bits per heavy atom. The fourth-order valence-corrected chi connectivity index (χ4v) is 19.5. The lowest BCUT2D eigenvalue weighted by Crippen LogP contribution is -2.44. The van der Waals surface area contributed by atoms with Gasteiger partial charge >= 0.3 is 35.8 Å². The number of carboxylic acids is 3. The van der Waals surface area contributed by atoms with Crippen molar-refractivity contribution >= 4 is 63.9 Å². The van der Waals surface area contributed by atoms with Crippen molar-refractivity contribution < 1.29 is 86.9 Å². The van der Waals surface area contributed by atoms with Crippen LogP contribution in [0.25, 0.3) is 10.8 Å². The van der Waals surface area contributed by atoms with Gasteiger partial charge in [0.2, 0.25) is 0 Å². The number of carbonyl (C=O) groups excluding carboxylic acids is 6. The minimum Gasteiger partial charge on any atom is -0.489 e. The van der Waals surface area contributed by atoms with Crippen LogP contribution in [0, 0.1) is 51.8 Å². The zero-order chi connectivity index (χ0) is 70.4. The SMILES string of the molecule is CC(=O)OC1C[C@H]2[C@@H]3OC4=C(C=C3C=C[C@]2(C)[C@H]1c1cccnc1)C(=O)CC(C(=O)O)C4.CC(=O)OC1C[C@H]2[C@@H]3OC4=C(C=C3CC[C@]2(C)[C@H]1c1ccc2cnccc2c1)C(=O)CC(C(=O)O)C4.CC(=O)OC1C[C@H]2[C@@H]3OC4=C(C=C3CC[C@]2(C)[C@H]1c1cccnc1)C(=O)CC(C(=O)O)C4. The van der Waals surface area contributed by atoms with E-state index in [1.165, 1.54) is 20.8 Å². The van der Waals surface area contributed by atoms with E-state index in [2.05, 4.69) is 60.0 Å². The highest BCUT2D eigenvalue weighted by molar-refractivity contribution is 6.03. The van der Waals surface area contributed by atoms with Crippen LogP contribution in [-0.4, -0.2) is 120 Å². The van der Waals surface area contributed by atoms with Gasteiger partial charge < -0.3 is 43.7 Å². The van der Waals surface area contributed by atoms with Crippen molar-refractivity contribution in [3.8, 4) is 0 Å². The number of ketones is 3. The first-order valence-corrected chi connectivity index (χ1v) is 34.7. The first kappa shape index (κ1) is 67.5. The number of esters is 3. The zero-order valence-electron chi connectivity index (χ0n) is 56.6. The molecule has 21 nitrogen and oxygen atoms in total. The summed E-state index contributed by atoms with van der Waals surface area (Å²) in [5, 5.41) is 30.6. The number of fused-ring (bicyclic) bond motifs is 10. The van der Waals surface area contributed by atoms with Crippen molar-refractivity contribution in [3.05, 3.63) is 183 Å². The van der Waals surface area contributed by atoms with Gasteiger partial charge in [0.05, 0.1) is 34.5 Å². The van der Waals surface area contributed by atoms with Crippen LogP contribution in [-0.2, 0) is 71.6 Å². The minimum atomic E-state index is -0.982. The standard InChI is InChI=1S/C29H29NO6.C25H27NO6.C25H25NO6/c1-15(31)35-25-13-22-27-18(10-21-23(32)11-20(28(33)34)12-24(21)36-27)5-7-29(22,2)26(25)17-3-4-19-14-30-8-6-16(19)9-17;2*1-13(27)31-21-11-18-23-14(5-6-25(18,2)22(21)15-4-3-7-26-12-15)8-17-19(28)9-16(24(29)30)10-20(17)32-23/h3-4,6,8-10,14,20,22,25-27H,5,7,11-13H2,1-2H3,(H,33,34);3-4,7-8,12,16,18,21-23H,5-6,9-11H2,1-2H3,(H,29,30);3-8,12,16,18,21-23H,9-11H2,1-2H3,(H,29,30)/t20?,22-,25?,26-,27+,29-;2*16?,18-,21?,22-,23+,25-/m000/s1. The second kappa shape index (κ2) is 26.1. The van der Waals surface area contributed by atoms with Crippen LogP contribution in [0.2, 0.25) is 0 Å². The second-order valence-electron chi connectivity index (χ2n) is 30.0. The fraction of sp³-hybridized carbons (Fsp3) is 0.468. The molecule has 100 heavy (non-hydrogen) atoms. The molecule has 0 spiro atoms. The van der Waals surface area contributed by atoms with E-state index in [4.69, 9.17) is 28.4 Å². The van der Waals surface area contributed by atoms with E-state index in [-0.39, 0.29) is 162 Å². The number of hydrogen-bond donors (Lipinski definition) is 3. The number of pyridine rings is 3. The van der Waals surface area contributed by atoms with Gasteiger partial charge in [-0.2, -0.15) is 0 Å². The van der Waals surface area contributed by atoms with Crippen molar-refractivity contribution in [1.29, 1.82) is 0 Å². The van der Waals surface area contributed by atoms with Gasteiger partial charge in [0.25, 0.3) is 0 Å². The number of carboxylic acid groups (broad SMARTS) is 3. The maximum atomic E-state index is 12.7. The number of Topliss-reactive ketones (excluding diaryl/α,β-unsaturated/α-hetero) is 3. The quantitative estimate of drug-likeness (QED) is 0.104. The van der Waals surface area contributed by atoms with Crippen LogP contribution in [0.15, 0.2) is 167 Å². The van der Waals surface area contributed by atoms with Crippen molar-refractivity contribution in [1.82, 2.24) is 15.0 Å². The number of carbonyl (C=O) groups is 9. The molecule has 0 amide bonds. The molecular formula is C79H81N3O18. The maximum Gasteiger partial charge on any atom is 0.307 e. The second-order valence-corrected chi connectivity index (χ2v) is 30.0. The molecule has 21 heteroatoms. The molecule has 520 valence electrons. The molecule has 0 bridgehead atoms. The third-order valence-corrected chi connectivity index (χ3v) is 24.1. The largest absolute Gasteiger partial charge is 0.489 e. The minimum absolute atomic E-state index is 0.00552. The Labute approximate surface area is 577 Å². The van der Waals surface area contributed by atoms with Crippen molar-refractivity contribution in [3.63, 3.8) is 0 Å². The van der Waals surface area contributed by atoms with Gasteiger partial charge in [-0.25, -0.2) is 0 Å². The van der Waals surface area contributed by atoms with E-state index < -0.39 is 35.7 Å². The lowest BCUT2D eigenvalue weighted by molar-refractivity contribution is -0.148. The summed E-state index contributed by atoms with van der Waals surface area (Å²) in [5.41, 5.74) is 7.06. The number of hydrogen-bond acceptors (Lipinski definition) is 18. The third-order valence-electron chi connectivity index (χ3n) is 24.1. The molecule has 0 saturated heterocycles. The molecule has 6 heterocycles. The van der Waals surface area contributed by atoms with Gasteiger partial charge in [0, 0.05) is 143 Å². The monoisotopic (exact) mass is 1360 g/mol. The van der Waals surface area contributed by atoms with Gasteiger partial charge in [-0.05, 0) is 131 Å². The molecule has 9 aliphatic carbocycles. The molecule has 3 aliphatic heterocycles. The van der Waals surface area contributed by atoms with Crippen LogP contribution in [0.1, 0.15) is 159 Å². The molecule has 3 N–H and O–H groups in total. The number of nitrogens with zero attached hydrogens (tertiary/aromatic N) is 3. The van der Waals surface area contributed by atoms with E-state index in [0.29, 0.717) is 53.3 Å². The van der Waals surface area contributed by atoms with Crippen LogP contribution in [0.4, 0.5) is 0 Å². The lowest BCUT2D eigenvalue weighted by Gasteiger charge is -2.48. The van der Waals surface area contributed by atoms with E-state index >= 15 is 0 Å². The summed E-state index contributed by atoms with van der Waals surface area (Å²) in [5.74, 6) is -5.14. The Hall–Kier alpha value is -9.66. The molecule has 1 aromatic carbocycles. The molecule has 16 rings (SSSR count). The number of aliphatic carboxylic acids is 3. The van der Waals surface area contributed by atoms with Crippen LogP contribution >= 0.6 is 0 Å². The topological polar surface area (TPSA) is 308 Å².